The van der Waals surface area contributed by atoms with E-state index in [2.05, 4.69) is 150 Å². The largest absolute Gasteiger partial charge is 0.355 e. The molecule has 6 rings (SSSR count). The van der Waals surface area contributed by atoms with Gasteiger partial charge in [0.1, 0.15) is 0 Å². The summed E-state index contributed by atoms with van der Waals surface area (Å²) in [6.07, 6.45) is 0. The first-order chi connectivity index (χ1) is 17.0. The molecule has 5 aromatic rings. The quantitative estimate of drug-likeness (QED) is 0.251. The highest BCUT2D eigenvalue weighted by Crippen LogP contribution is 2.54. The van der Waals surface area contributed by atoms with Crippen molar-refractivity contribution in [2.45, 2.75) is 19.3 Å². The number of anilines is 2. The minimum absolute atomic E-state index is 0.100. The van der Waals surface area contributed by atoms with E-state index >= 15 is 0 Å². The summed E-state index contributed by atoms with van der Waals surface area (Å²) in [5.41, 5.74) is 12.4. The van der Waals surface area contributed by atoms with Crippen molar-refractivity contribution >= 4 is 27.3 Å². The molecule has 0 saturated heterocycles. The number of nitrogens with one attached hydrogen (secondary N) is 1. The number of para-hydroxylation sites is 1. The van der Waals surface area contributed by atoms with Crippen LogP contribution in [-0.2, 0) is 5.41 Å². The molecule has 0 radical (unpaired) electrons. The zero-order valence-electron chi connectivity index (χ0n) is 19.8. The zero-order chi connectivity index (χ0) is 24.0. The molecule has 1 N–H and O–H groups in total. The lowest BCUT2D eigenvalue weighted by molar-refractivity contribution is 0.662. The summed E-state index contributed by atoms with van der Waals surface area (Å²) in [4.78, 5) is 0. The molecule has 0 aromatic heterocycles. The van der Waals surface area contributed by atoms with E-state index in [9.17, 15) is 0 Å². The molecule has 2 heteroatoms. The SMILES string of the molecule is CC1(C)c2ccccc2-c2ccc(Nc3ccccc3)c(-c3ccc(-c4ccccc4Br)cc3)c21. The second-order valence-electron chi connectivity index (χ2n) is 9.63. The van der Waals surface area contributed by atoms with Crippen molar-refractivity contribution in [2.24, 2.45) is 0 Å². The number of hydrogen-bond acceptors (Lipinski definition) is 1. The average molecular weight is 516 g/mol. The average Bonchev–Trinajstić information content (AvgIpc) is 3.12. The molecule has 0 saturated carbocycles. The molecule has 0 spiro atoms. The van der Waals surface area contributed by atoms with Gasteiger partial charge in [-0.3, -0.25) is 0 Å². The van der Waals surface area contributed by atoms with E-state index in [0.29, 0.717) is 0 Å². The predicted octanol–water partition coefficient (Wildman–Crippen LogP) is 9.83. The molecule has 0 heterocycles. The summed E-state index contributed by atoms with van der Waals surface area (Å²) in [5, 5.41) is 3.71. The summed E-state index contributed by atoms with van der Waals surface area (Å²) in [6.45, 7) is 4.70. The third-order valence-electron chi connectivity index (χ3n) is 7.13. The van der Waals surface area contributed by atoms with Gasteiger partial charge in [-0.15, -0.1) is 0 Å². The van der Waals surface area contributed by atoms with E-state index in [1.807, 2.05) is 0 Å². The minimum atomic E-state index is -0.100. The number of hydrogen-bond donors (Lipinski definition) is 1. The molecule has 0 amide bonds. The number of halogens is 1. The molecule has 0 aliphatic heterocycles. The first kappa shape index (κ1) is 21.9. The van der Waals surface area contributed by atoms with E-state index < -0.39 is 0 Å². The van der Waals surface area contributed by atoms with Crippen LogP contribution in [0.1, 0.15) is 25.0 Å². The molecular formula is C33H26BrN. The fourth-order valence-corrected chi connectivity index (χ4v) is 5.98. The number of rotatable bonds is 4. The van der Waals surface area contributed by atoms with Crippen LogP contribution in [0.2, 0.25) is 0 Å². The van der Waals surface area contributed by atoms with Crippen LogP contribution in [0.15, 0.2) is 120 Å². The fraction of sp³-hybridized carbons (Fsp3) is 0.0909. The van der Waals surface area contributed by atoms with Crippen LogP contribution in [-0.4, -0.2) is 0 Å². The molecule has 170 valence electrons. The van der Waals surface area contributed by atoms with Gasteiger partial charge in [-0.2, -0.15) is 0 Å². The highest BCUT2D eigenvalue weighted by atomic mass is 79.9. The maximum absolute atomic E-state index is 3.71. The lowest BCUT2D eigenvalue weighted by Gasteiger charge is -2.27. The molecule has 0 fully saturated rings. The fourth-order valence-electron chi connectivity index (χ4n) is 5.47. The normalized spacial score (nSPS) is 13.2. The summed E-state index contributed by atoms with van der Waals surface area (Å²) < 4.78 is 1.11. The maximum atomic E-state index is 3.71. The van der Waals surface area contributed by atoms with Crippen molar-refractivity contribution in [3.8, 4) is 33.4 Å². The highest BCUT2D eigenvalue weighted by Gasteiger charge is 2.38. The van der Waals surface area contributed by atoms with Gasteiger partial charge < -0.3 is 5.32 Å². The summed E-state index contributed by atoms with van der Waals surface area (Å²) in [5.74, 6) is 0. The molecule has 1 nitrogen and oxygen atoms in total. The monoisotopic (exact) mass is 515 g/mol. The summed E-state index contributed by atoms with van der Waals surface area (Å²) in [7, 11) is 0. The van der Waals surface area contributed by atoms with Crippen LogP contribution in [0.25, 0.3) is 33.4 Å². The van der Waals surface area contributed by atoms with Crippen molar-refractivity contribution in [3.05, 3.63) is 131 Å². The Balaban J connectivity index is 1.55. The Kier molecular flexibility index (Phi) is 5.35. The number of fused-ring (bicyclic) bond motifs is 3. The van der Waals surface area contributed by atoms with Crippen molar-refractivity contribution in [1.82, 2.24) is 0 Å². The van der Waals surface area contributed by atoms with Crippen LogP contribution in [0, 0.1) is 0 Å². The van der Waals surface area contributed by atoms with Gasteiger partial charge in [0.2, 0.25) is 0 Å². The van der Waals surface area contributed by atoms with E-state index in [1.165, 1.54) is 44.5 Å². The highest BCUT2D eigenvalue weighted by molar-refractivity contribution is 9.10. The third kappa shape index (κ3) is 3.69. The Morgan fingerprint density at radius 2 is 1.20 bits per heavy atom. The van der Waals surface area contributed by atoms with Crippen LogP contribution in [0.3, 0.4) is 0 Å². The standard InChI is InChI=1S/C33H26BrN/c1-33(2)28-14-8-6-13-26(28)27-20-21-30(35-24-10-4-3-5-11-24)31(32(27)33)23-18-16-22(17-19-23)25-12-7-9-15-29(25)34/h3-21,35H,1-2H3. The second kappa shape index (κ2) is 8.55. The van der Waals surface area contributed by atoms with E-state index in [4.69, 9.17) is 0 Å². The van der Waals surface area contributed by atoms with Crippen molar-refractivity contribution < 1.29 is 0 Å². The van der Waals surface area contributed by atoms with Gasteiger partial charge in [0.05, 0.1) is 0 Å². The van der Waals surface area contributed by atoms with Gasteiger partial charge in [0.25, 0.3) is 0 Å². The van der Waals surface area contributed by atoms with E-state index in [1.54, 1.807) is 0 Å². The molecule has 1 aliphatic carbocycles. The van der Waals surface area contributed by atoms with Gasteiger partial charge in [0.15, 0.2) is 0 Å². The topological polar surface area (TPSA) is 12.0 Å². The second-order valence-corrected chi connectivity index (χ2v) is 10.5. The maximum Gasteiger partial charge on any atom is 0.0467 e. The Labute approximate surface area is 215 Å². The predicted molar refractivity (Wildman–Crippen MR) is 152 cm³/mol. The lowest BCUT2D eigenvalue weighted by atomic mass is 9.78. The molecule has 35 heavy (non-hydrogen) atoms. The molecule has 0 atom stereocenters. The zero-order valence-corrected chi connectivity index (χ0v) is 21.4. The van der Waals surface area contributed by atoms with Gasteiger partial charge in [-0.1, -0.05) is 121 Å². The lowest BCUT2D eigenvalue weighted by Crippen LogP contribution is -2.17. The molecule has 0 bridgehead atoms. The van der Waals surface area contributed by atoms with Gasteiger partial charge in [-0.05, 0) is 63.2 Å². The summed E-state index contributed by atoms with van der Waals surface area (Å²) >= 11 is 3.71. The van der Waals surface area contributed by atoms with Crippen molar-refractivity contribution in [2.75, 3.05) is 5.32 Å². The molecule has 5 aromatic carbocycles. The molecule has 0 unspecified atom stereocenters. The minimum Gasteiger partial charge on any atom is -0.355 e. The first-order valence-electron chi connectivity index (χ1n) is 12.0. The third-order valence-corrected chi connectivity index (χ3v) is 7.82. The smallest absolute Gasteiger partial charge is 0.0467 e. The van der Waals surface area contributed by atoms with Gasteiger partial charge in [-0.25, -0.2) is 0 Å². The molecule has 1 aliphatic rings. The van der Waals surface area contributed by atoms with Crippen molar-refractivity contribution in [1.29, 1.82) is 0 Å². The Bertz CT molecular complexity index is 1530. The van der Waals surface area contributed by atoms with E-state index in [-0.39, 0.29) is 5.41 Å². The van der Waals surface area contributed by atoms with Crippen molar-refractivity contribution in [3.63, 3.8) is 0 Å². The van der Waals surface area contributed by atoms with Crippen LogP contribution >= 0.6 is 15.9 Å². The van der Waals surface area contributed by atoms with Gasteiger partial charge in [0, 0.05) is 26.8 Å². The Morgan fingerprint density at radius 3 is 1.94 bits per heavy atom. The molecular weight excluding hydrogens is 490 g/mol. The van der Waals surface area contributed by atoms with Crippen LogP contribution < -0.4 is 5.32 Å². The summed E-state index contributed by atoms with van der Waals surface area (Å²) in [6, 6.07) is 41.2. The van der Waals surface area contributed by atoms with Crippen LogP contribution in [0.5, 0.6) is 0 Å². The van der Waals surface area contributed by atoms with Crippen LogP contribution in [0.4, 0.5) is 11.4 Å². The Morgan fingerprint density at radius 1 is 0.571 bits per heavy atom. The van der Waals surface area contributed by atoms with E-state index in [0.717, 1.165) is 15.8 Å². The first-order valence-corrected chi connectivity index (χ1v) is 12.8. The van der Waals surface area contributed by atoms with Gasteiger partial charge >= 0.3 is 0 Å². The Hall–Kier alpha value is -3.62. The number of benzene rings is 5.